The Kier molecular flexibility index (Phi) is 3.23. The molecule has 1 aromatic heterocycles. The molecule has 0 radical (unpaired) electrons. The summed E-state index contributed by atoms with van der Waals surface area (Å²) in [5, 5.41) is 10.3. The highest BCUT2D eigenvalue weighted by Gasteiger charge is 2.12. The molecule has 0 aliphatic heterocycles. The number of carbonyl (C=O) groups is 1. The molecule has 1 N–H and O–H groups in total. The van der Waals surface area contributed by atoms with Crippen molar-refractivity contribution in [3.63, 3.8) is 0 Å². The van der Waals surface area contributed by atoms with Gasteiger partial charge in [0.1, 0.15) is 0 Å². The lowest BCUT2D eigenvalue weighted by molar-refractivity contribution is 0.102. The predicted molar refractivity (Wildman–Crippen MR) is 67.8 cm³/mol. The van der Waals surface area contributed by atoms with Crippen LogP contribution >= 0.6 is 15.9 Å². The SMILES string of the molecule is Cc1cccc(Br)c1NC(=O)c1cn(C)nn1. The highest BCUT2D eigenvalue weighted by Crippen LogP contribution is 2.25. The molecule has 1 amide bonds. The van der Waals surface area contributed by atoms with Crippen LogP contribution in [0.5, 0.6) is 0 Å². The molecule has 2 aromatic rings. The summed E-state index contributed by atoms with van der Waals surface area (Å²) in [5.41, 5.74) is 2.03. The number of carbonyl (C=O) groups excluding carboxylic acids is 1. The predicted octanol–water partition coefficient (Wildman–Crippen LogP) is 2.14. The van der Waals surface area contributed by atoms with Gasteiger partial charge in [0, 0.05) is 11.5 Å². The van der Waals surface area contributed by atoms with E-state index in [1.165, 1.54) is 4.68 Å². The van der Waals surface area contributed by atoms with Gasteiger partial charge in [0.25, 0.3) is 5.91 Å². The smallest absolute Gasteiger partial charge is 0.277 e. The first kappa shape index (κ1) is 11.8. The van der Waals surface area contributed by atoms with E-state index in [1.54, 1.807) is 13.2 Å². The van der Waals surface area contributed by atoms with Crippen LogP contribution in [0.1, 0.15) is 16.1 Å². The fourth-order valence-corrected chi connectivity index (χ4v) is 1.98. The number of para-hydroxylation sites is 1. The van der Waals surface area contributed by atoms with Crippen LogP contribution in [-0.4, -0.2) is 20.9 Å². The van der Waals surface area contributed by atoms with Crippen LogP contribution < -0.4 is 5.32 Å². The number of nitrogens with one attached hydrogen (secondary N) is 1. The van der Waals surface area contributed by atoms with E-state index in [0.717, 1.165) is 15.7 Å². The normalized spacial score (nSPS) is 10.3. The first-order chi connectivity index (χ1) is 8.08. The van der Waals surface area contributed by atoms with E-state index in [1.807, 2.05) is 25.1 Å². The molecule has 0 aliphatic carbocycles. The number of amides is 1. The lowest BCUT2D eigenvalue weighted by atomic mass is 10.2. The molecule has 2 rings (SSSR count). The average Bonchev–Trinajstić information content (AvgIpc) is 2.70. The first-order valence-corrected chi connectivity index (χ1v) is 5.80. The van der Waals surface area contributed by atoms with Crippen molar-refractivity contribution in [2.24, 2.45) is 7.05 Å². The van der Waals surface area contributed by atoms with E-state index in [-0.39, 0.29) is 5.91 Å². The van der Waals surface area contributed by atoms with Gasteiger partial charge in [0.2, 0.25) is 0 Å². The Morgan fingerprint density at radius 1 is 1.47 bits per heavy atom. The van der Waals surface area contributed by atoms with Crippen LogP contribution in [0.3, 0.4) is 0 Å². The Bertz CT molecular complexity index is 544. The number of hydrogen-bond acceptors (Lipinski definition) is 3. The van der Waals surface area contributed by atoms with Gasteiger partial charge in [-0.15, -0.1) is 5.10 Å². The topological polar surface area (TPSA) is 59.8 Å². The minimum atomic E-state index is -0.270. The van der Waals surface area contributed by atoms with Crippen molar-refractivity contribution >= 4 is 27.5 Å². The molecule has 17 heavy (non-hydrogen) atoms. The Hall–Kier alpha value is -1.69. The van der Waals surface area contributed by atoms with Crippen molar-refractivity contribution < 1.29 is 4.79 Å². The summed E-state index contributed by atoms with van der Waals surface area (Å²) >= 11 is 3.40. The maximum Gasteiger partial charge on any atom is 0.277 e. The molecule has 0 atom stereocenters. The van der Waals surface area contributed by atoms with E-state index < -0.39 is 0 Å². The molecule has 5 nitrogen and oxygen atoms in total. The lowest BCUT2D eigenvalue weighted by Gasteiger charge is -2.08. The average molecular weight is 295 g/mol. The fraction of sp³-hybridized carbons (Fsp3) is 0.182. The molecule has 0 aliphatic rings. The van der Waals surface area contributed by atoms with Gasteiger partial charge < -0.3 is 5.32 Å². The first-order valence-electron chi connectivity index (χ1n) is 5.00. The fourth-order valence-electron chi connectivity index (χ4n) is 1.42. The van der Waals surface area contributed by atoms with Crippen molar-refractivity contribution in [2.45, 2.75) is 6.92 Å². The number of aromatic nitrogens is 3. The van der Waals surface area contributed by atoms with Crippen LogP contribution in [0.25, 0.3) is 0 Å². The number of benzene rings is 1. The number of rotatable bonds is 2. The van der Waals surface area contributed by atoms with Crippen LogP contribution in [0, 0.1) is 6.92 Å². The van der Waals surface area contributed by atoms with Crippen molar-refractivity contribution in [3.8, 4) is 0 Å². The van der Waals surface area contributed by atoms with Gasteiger partial charge in [0.05, 0.1) is 11.9 Å². The molecule has 0 unspecified atom stereocenters. The molecule has 0 fully saturated rings. The van der Waals surface area contributed by atoms with Gasteiger partial charge in [-0.05, 0) is 34.5 Å². The van der Waals surface area contributed by atoms with E-state index in [9.17, 15) is 4.79 Å². The molecule has 1 heterocycles. The van der Waals surface area contributed by atoms with Gasteiger partial charge in [-0.1, -0.05) is 17.3 Å². The summed E-state index contributed by atoms with van der Waals surface area (Å²) in [6, 6.07) is 5.72. The number of hydrogen-bond donors (Lipinski definition) is 1. The second-order valence-corrected chi connectivity index (χ2v) is 4.52. The van der Waals surface area contributed by atoms with Crippen LogP contribution in [0.15, 0.2) is 28.9 Å². The van der Waals surface area contributed by atoms with Crippen molar-refractivity contribution in [3.05, 3.63) is 40.1 Å². The van der Waals surface area contributed by atoms with Crippen molar-refractivity contribution in [2.75, 3.05) is 5.32 Å². The van der Waals surface area contributed by atoms with Crippen LogP contribution in [-0.2, 0) is 7.05 Å². The third kappa shape index (κ3) is 2.52. The molecule has 0 saturated carbocycles. The maximum absolute atomic E-state index is 11.9. The van der Waals surface area contributed by atoms with E-state index >= 15 is 0 Å². The van der Waals surface area contributed by atoms with E-state index in [2.05, 4.69) is 31.6 Å². The zero-order valence-corrected chi connectivity index (χ0v) is 11.0. The Morgan fingerprint density at radius 3 is 2.82 bits per heavy atom. The van der Waals surface area contributed by atoms with Crippen molar-refractivity contribution in [1.82, 2.24) is 15.0 Å². The zero-order valence-electron chi connectivity index (χ0n) is 9.44. The van der Waals surface area contributed by atoms with Gasteiger partial charge in [-0.3, -0.25) is 9.48 Å². The van der Waals surface area contributed by atoms with Gasteiger partial charge in [-0.2, -0.15) is 0 Å². The van der Waals surface area contributed by atoms with Gasteiger partial charge in [0.15, 0.2) is 5.69 Å². The number of anilines is 1. The Morgan fingerprint density at radius 2 is 2.24 bits per heavy atom. The molecule has 0 saturated heterocycles. The third-order valence-corrected chi connectivity index (χ3v) is 2.96. The van der Waals surface area contributed by atoms with Gasteiger partial charge >= 0.3 is 0 Å². The van der Waals surface area contributed by atoms with Crippen LogP contribution in [0.2, 0.25) is 0 Å². The second kappa shape index (κ2) is 4.67. The minimum absolute atomic E-state index is 0.270. The largest absolute Gasteiger partial charge is 0.319 e. The van der Waals surface area contributed by atoms with E-state index in [4.69, 9.17) is 0 Å². The molecule has 1 aromatic carbocycles. The minimum Gasteiger partial charge on any atom is -0.319 e. The van der Waals surface area contributed by atoms with E-state index in [0.29, 0.717) is 5.69 Å². The standard InChI is InChI=1S/C11H11BrN4O/c1-7-4-3-5-8(12)10(7)13-11(17)9-6-16(2)15-14-9/h3-6H,1-2H3,(H,13,17). The summed E-state index contributed by atoms with van der Waals surface area (Å²) < 4.78 is 2.33. The summed E-state index contributed by atoms with van der Waals surface area (Å²) in [7, 11) is 1.72. The highest BCUT2D eigenvalue weighted by molar-refractivity contribution is 9.10. The quantitative estimate of drug-likeness (QED) is 0.923. The number of aryl methyl sites for hydroxylation is 2. The molecule has 0 bridgehead atoms. The molecule has 0 spiro atoms. The third-order valence-electron chi connectivity index (χ3n) is 2.30. The van der Waals surface area contributed by atoms with Crippen molar-refractivity contribution in [1.29, 1.82) is 0 Å². The summed E-state index contributed by atoms with van der Waals surface area (Å²) in [6.45, 7) is 1.93. The monoisotopic (exact) mass is 294 g/mol. The molecule has 6 heteroatoms. The maximum atomic E-state index is 11.9. The lowest BCUT2D eigenvalue weighted by Crippen LogP contribution is -2.13. The zero-order chi connectivity index (χ0) is 12.4. The summed E-state index contributed by atoms with van der Waals surface area (Å²) in [4.78, 5) is 11.9. The molecule has 88 valence electrons. The molecular weight excluding hydrogens is 284 g/mol. The Balaban J connectivity index is 2.24. The van der Waals surface area contributed by atoms with Gasteiger partial charge in [-0.25, -0.2) is 0 Å². The number of nitrogens with zero attached hydrogens (tertiary/aromatic N) is 3. The highest BCUT2D eigenvalue weighted by atomic mass is 79.9. The summed E-state index contributed by atoms with van der Waals surface area (Å²) in [6.07, 6.45) is 1.57. The number of halogens is 1. The van der Waals surface area contributed by atoms with Crippen LogP contribution in [0.4, 0.5) is 5.69 Å². The summed E-state index contributed by atoms with van der Waals surface area (Å²) in [5.74, 6) is -0.270. The Labute approximate surface area is 107 Å². The second-order valence-electron chi connectivity index (χ2n) is 3.66. The molecular formula is C11H11BrN4O.